The van der Waals surface area contributed by atoms with Gasteiger partial charge in [0, 0.05) is 48.6 Å². The molecule has 6 rings (SSSR count). The Morgan fingerprint density at radius 2 is 2.00 bits per heavy atom. The highest BCUT2D eigenvalue weighted by atomic mass is 35.5. The summed E-state index contributed by atoms with van der Waals surface area (Å²) >= 11 is 5.81. The molecule has 3 aromatic heterocycles. The number of rotatable bonds is 3. The van der Waals surface area contributed by atoms with E-state index in [1.165, 1.54) is 12.1 Å². The molecule has 2 atom stereocenters. The lowest BCUT2D eigenvalue weighted by Gasteiger charge is -2.30. The number of aromatic nitrogens is 4. The van der Waals surface area contributed by atoms with Crippen LogP contribution >= 0.6 is 11.6 Å². The van der Waals surface area contributed by atoms with Gasteiger partial charge in [-0.1, -0.05) is 11.6 Å². The fourth-order valence-corrected chi connectivity index (χ4v) is 5.42. The fourth-order valence-electron chi connectivity index (χ4n) is 5.27. The second kappa shape index (κ2) is 9.01. The highest BCUT2D eigenvalue weighted by Gasteiger charge is 2.29. The fraction of sp³-hybridized carbons (Fsp3) is 0.333. The van der Waals surface area contributed by atoms with Crippen LogP contribution in [0.5, 0.6) is 0 Å². The molecule has 1 saturated heterocycles. The van der Waals surface area contributed by atoms with Crippen molar-refractivity contribution < 1.29 is 13.5 Å². The molecule has 0 bridgehead atoms. The van der Waals surface area contributed by atoms with Crippen molar-refractivity contribution in [3.8, 4) is 11.3 Å². The van der Waals surface area contributed by atoms with Gasteiger partial charge in [-0.2, -0.15) is 0 Å². The molecule has 184 valence electrons. The van der Waals surface area contributed by atoms with E-state index in [0.29, 0.717) is 49.3 Å². The molecule has 6 nitrogen and oxygen atoms in total. The lowest BCUT2D eigenvalue weighted by molar-refractivity contribution is 0.00460. The van der Waals surface area contributed by atoms with E-state index in [-0.39, 0.29) is 39.4 Å². The van der Waals surface area contributed by atoms with Gasteiger partial charge in [-0.05, 0) is 62.1 Å². The number of pyridine rings is 2. The maximum Gasteiger partial charge on any atom is 0.261 e. The number of aryl methyl sites for hydroxylation is 2. The third kappa shape index (κ3) is 3.89. The lowest BCUT2D eigenvalue weighted by Crippen LogP contribution is -2.23. The molecule has 2 unspecified atom stereocenters. The second-order valence-electron chi connectivity index (χ2n) is 9.41. The van der Waals surface area contributed by atoms with Gasteiger partial charge in [0.15, 0.2) is 11.6 Å². The summed E-state index contributed by atoms with van der Waals surface area (Å²) in [5, 5.41) is 0.0451. The Morgan fingerprint density at radius 3 is 2.83 bits per heavy atom. The summed E-state index contributed by atoms with van der Waals surface area (Å²) < 4.78 is 37.3. The van der Waals surface area contributed by atoms with Crippen LogP contribution < -0.4 is 5.56 Å². The number of fused-ring (bicyclic) bond motifs is 2. The Kier molecular flexibility index (Phi) is 5.80. The normalized spacial score (nSPS) is 19.6. The zero-order valence-corrected chi connectivity index (χ0v) is 20.4. The Hall–Kier alpha value is -3.23. The van der Waals surface area contributed by atoms with Crippen molar-refractivity contribution in [1.29, 1.82) is 0 Å². The number of benzene rings is 1. The van der Waals surface area contributed by atoms with Crippen molar-refractivity contribution in [2.45, 2.75) is 51.2 Å². The van der Waals surface area contributed by atoms with Gasteiger partial charge in [-0.3, -0.25) is 19.3 Å². The zero-order chi connectivity index (χ0) is 25.0. The topological polar surface area (TPSA) is 69.9 Å². The number of ether oxygens (including phenoxy) is 1. The molecule has 0 N–H and O–H groups in total. The van der Waals surface area contributed by atoms with Crippen molar-refractivity contribution in [1.82, 2.24) is 19.5 Å². The smallest absolute Gasteiger partial charge is 0.261 e. The molecular weight excluding hydrogens is 486 g/mol. The summed E-state index contributed by atoms with van der Waals surface area (Å²) in [5.74, 6) is -1.66. The van der Waals surface area contributed by atoms with Gasteiger partial charge in [0.05, 0.1) is 16.5 Å². The van der Waals surface area contributed by atoms with E-state index in [9.17, 15) is 9.18 Å². The molecule has 2 aliphatic rings. The third-order valence-corrected chi connectivity index (χ3v) is 7.40. The molecule has 4 aromatic rings. The maximum atomic E-state index is 15.1. The van der Waals surface area contributed by atoms with E-state index in [4.69, 9.17) is 26.3 Å². The van der Waals surface area contributed by atoms with Gasteiger partial charge in [0.2, 0.25) is 0 Å². The number of hydrogen-bond donors (Lipinski definition) is 0. The molecule has 1 aromatic carbocycles. The highest BCUT2D eigenvalue weighted by molar-refractivity contribution is 6.30. The minimum absolute atomic E-state index is 0.0433. The number of hydrogen-bond acceptors (Lipinski definition) is 5. The van der Waals surface area contributed by atoms with E-state index in [2.05, 4.69) is 4.98 Å². The van der Waals surface area contributed by atoms with E-state index in [1.807, 2.05) is 19.1 Å². The molecular formula is C27H23ClF2N4O2. The zero-order valence-electron chi connectivity index (χ0n) is 19.6. The van der Waals surface area contributed by atoms with Crippen LogP contribution in [0.4, 0.5) is 8.78 Å². The molecule has 36 heavy (non-hydrogen) atoms. The second-order valence-corrected chi connectivity index (χ2v) is 9.82. The SMILES string of the molecule is Cc1cc(C2CC(c3cc4c(=O)n5c(nc4c(-c4ccc(Cl)c(F)c4F)n3)CCC5)CCO2)ccn1. The highest BCUT2D eigenvalue weighted by Crippen LogP contribution is 2.39. The summed E-state index contributed by atoms with van der Waals surface area (Å²) in [7, 11) is 0. The molecule has 1 fully saturated rings. The molecule has 0 aliphatic carbocycles. The van der Waals surface area contributed by atoms with Crippen LogP contribution in [0.3, 0.4) is 0 Å². The van der Waals surface area contributed by atoms with Crippen LogP contribution in [0.2, 0.25) is 5.02 Å². The average molecular weight is 509 g/mol. The largest absolute Gasteiger partial charge is 0.373 e. The predicted octanol–water partition coefficient (Wildman–Crippen LogP) is 5.68. The minimum Gasteiger partial charge on any atom is -0.373 e. The van der Waals surface area contributed by atoms with Crippen molar-refractivity contribution >= 4 is 22.5 Å². The van der Waals surface area contributed by atoms with Crippen molar-refractivity contribution in [2.24, 2.45) is 0 Å². The molecule has 0 radical (unpaired) electrons. The van der Waals surface area contributed by atoms with Gasteiger partial charge < -0.3 is 4.74 Å². The summed E-state index contributed by atoms with van der Waals surface area (Å²) in [4.78, 5) is 27.2. The maximum absolute atomic E-state index is 15.1. The number of nitrogens with zero attached hydrogens (tertiary/aromatic N) is 4. The summed E-state index contributed by atoms with van der Waals surface area (Å²) in [5.41, 5.74) is 2.77. The standard InChI is InChI=1S/C27H23ClF2N4O2/c1-14-11-16(6-8-31-14)21-12-15(7-10-36-21)20-13-18-26(33-22-3-2-9-34(22)27(18)35)25(32-20)17-4-5-19(28)24(30)23(17)29/h4-6,8,11,13,15,21H,2-3,7,9-10,12H2,1H3. The predicted molar refractivity (Wildman–Crippen MR) is 132 cm³/mol. The number of halogens is 3. The first-order chi connectivity index (χ1) is 17.4. The van der Waals surface area contributed by atoms with Crippen LogP contribution in [0.1, 0.15) is 54.1 Å². The average Bonchev–Trinajstić information content (AvgIpc) is 3.37. The van der Waals surface area contributed by atoms with Crippen LogP contribution in [0.25, 0.3) is 22.2 Å². The monoisotopic (exact) mass is 508 g/mol. The third-order valence-electron chi connectivity index (χ3n) is 7.11. The minimum atomic E-state index is -1.15. The van der Waals surface area contributed by atoms with Crippen LogP contribution in [-0.2, 0) is 17.7 Å². The van der Waals surface area contributed by atoms with Gasteiger partial charge >= 0.3 is 0 Å². The first-order valence-corrected chi connectivity index (χ1v) is 12.4. The van der Waals surface area contributed by atoms with E-state index in [0.717, 1.165) is 17.7 Å². The molecule has 0 amide bonds. The van der Waals surface area contributed by atoms with Crippen molar-refractivity contribution in [3.05, 3.63) is 86.3 Å². The quantitative estimate of drug-likeness (QED) is 0.333. The summed E-state index contributed by atoms with van der Waals surface area (Å²) in [6.45, 7) is 3.03. The van der Waals surface area contributed by atoms with Gasteiger partial charge in [0.1, 0.15) is 17.0 Å². The van der Waals surface area contributed by atoms with E-state index < -0.39 is 11.6 Å². The first kappa shape index (κ1) is 23.2. The molecule has 2 aliphatic heterocycles. The summed E-state index contributed by atoms with van der Waals surface area (Å²) in [6, 6.07) is 8.40. The lowest BCUT2D eigenvalue weighted by atomic mass is 9.88. The van der Waals surface area contributed by atoms with Gasteiger partial charge in [-0.15, -0.1) is 0 Å². The first-order valence-electron chi connectivity index (χ1n) is 12.0. The summed E-state index contributed by atoms with van der Waals surface area (Å²) in [6.07, 6.45) is 4.39. The van der Waals surface area contributed by atoms with E-state index in [1.54, 1.807) is 16.8 Å². The van der Waals surface area contributed by atoms with E-state index >= 15 is 4.39 Å². The van der Waals surface area contributed by atoms with Crippen LogP contribution in [0.15, 0.2) is 41.3 Å². The molecule has 5 heterocycles. The molecule has 9 heteroatoms. The van der Waals surface area contributed by atoms with Gasteiger partial charge in [-0.25, -0.2) is 13.8 Å². The van der Waals surface area contributed by atoms with Crippen LogP contribution in [0, 0.1) is 18.6 Å². The van der Waals surface area contributed by atoms with Gasteiger partial charge in [0.25, 0.3) is 5.56 Å². The molecule has 0 spiro atoms. The Balaban J connectivity index is 1.52. The van der Waals surface area contributed by atoms with Crippen molar-refractivity contribution in [2.75, 3.05) is 6.61 Å². The Morgan fingerprint density at radius 1 is 1.14 bits per heavy atom. The molecule has 0 saturated carbocycles. The Labute approximate surface area is 210 Å². The van der Waals surface area contributed by atoms with Crippen LogP contribution in [-0.4, -0.2) is 26.1 Å². The Bertz CT molecular complexity index is 1570. The van der Waals surface area contributed by atoms with Crippen molar-refractivity contribution in [3.63, 3.8) is 0 Å².